The molecular weight excluding hydrogens is 226 g/mol. The van der Waals surface area contributed by atoms with Crippen LogP contribution in [0.1, 0.15) is 24.1 Å². The molecule has 2 aromatic rings. The molecule has 1 heterocycles. The predicted octanol–water partition coefficient (Wildman–Crippen LogP) is 2.72. The van der Waals surface area contributed by atoms with Crippen molar-refractivity contribution in [3.05, 3.63) is 59.9 Å². The van der Waals surface area contributed by atoms with Crippen LogP contribution in [0.5, 0.6) is 0 Å². The van der Waals surface area contributed by atoms with E-state index in [9.17, 15) is 4.79 Å². The number of aryl methyl sites for hydroxylation is 1. The van der Waals surface area contributed by atoms with Crippen molar-refractivity contribution >= 4 is 5.97 Å². The van der Waals surface area contributed by atoms with Crippen molar-refractivity contribution in [2.24, 2.45) is 7.05 Å². The molecule has 0 amide bonds. The minimum Gasteiger partial charge on any atom is -0.465 e. The van der Waals surface area contributed by atoms with E-state index in [4.69, 9.17) is 4.74 Å². The van der Waals surface area contributed by atoms with Gasteiger partial charge in [-0.2, -0.15) is 0 Å². The monoisotopic (exact) mass is 243 g/mol. The van der Waals surface area contributed by atoms with Gasteiger partial charge < -0.3 is 9.30 Å². The minimum absolute atomic E-state index is 0.203. The number of esters is 1. The van der Waals surface area contributed by atoms with E-state index in [-0.39, 0.29) is 11.9 Å². The number of carbonyl (C=O) groups excluding carboxylic acids is 1. The normalized spacial score (nSPS) is 12.1. The smallest absolute Gasteiger partial charge is 0.319 e. The van der Waals surface area contributed by atoms with Gasteiger partial charge in [0.2, 0.25) is 0 Å². The summed E-state index contributed by atoms with van der Waals surface area (Å²) in [6, 6.07) is 13.6. The van der Waals surface area contributed by atoms with E-state index >= 15 is 0 Å². The molecule has 1 unspecified atom stereocenters. The molecule has 0 aliphatic heterocycles. The van der Waals surface area contributed by atoms with Gasteiger partial charge in [-0.25, -0.2) is 0 Å². The number of rotatable bonds is 4. The molecule has 0 N–H and O–H groups in total. The minimum atomic E-state index is -0.355. The van der Waals surface area contributed by atoms with E-state index in [0.29, 0.717) is 6.61 Å². The maximum atomic E-state index is 12.2. The molecule has 3 heteroatoms. The second-order valence-electron chi connectivity index (χ2n) is 4.14. The number of benzene rings is 1. The fraction of sp³-hybridized carbons (Fsp3) is 0.267. The van der Waals surface area contributed by atoms with Gasteiger partial charge in [0.25, 0.3) is 0 Å². The first-order valence-electron chi connectivity index (χ1n) is 6.07. The third-order valence-electron chi connectivity index (χ3n) is 2.93. The second kappa shape index (κ2) is 5.54. The summed E-state index contributed by atoms with van der Waals surface area (Å²) < 4.78 is 7.14. The van der Waals surface area contributed by atoms with Crippen molar-refractivity contribution in [3.8, 4) is 0 Å². The van der Waals surface area contributed by atoms with E-state index in [2.05, 4.69) is 0 Å². The van der Waals surface area contributed by atoms with E-state index in [0.717, 1.165) is 11.3 Å². The number of hydrogen-bond donors (Lipinski definition) is 0. The Kier molecular flexibility index (Phi) is 3.82. The Morgan fingerprint density at radius 3 is 2.50 bits per heavy atom. The lowest BCUT2D eigenvalue weighted by Gasteiger charge is -2.17. The molecule has 0 saturated carbocycles. The highest BCUT2D eigenvalue weighted by atomic mass is 16.5. The lowest BCUT2D eigenvalue weighted by Crippen LogP contribution is -2.19. The molecule has 0 aliphatic carbocycles. The van der Waals surface area contributed by atoms with Gasteiger partial charge in [0, 0.05) is 18.9 Å². The summed E-state index contributed by atoms with van der Waals surface area (Å²) in [6.07, 6.45) is 1.94. The topological polar surface area (TPSA) is 31.2 Å². The SMILES string of the molecule is CCOC(=O)C(c1ccccc1)c1cccn1C. The van der Waals surface area contributed by atoms with E-state index in [1.54, 1.807) is 0 Å². The lowest BCUT2D eigenvalue weighted by atomic mass is 9.96. The zero-order valence-electron chi connectivity index (χ0n) is 10.7. The Bertz CT molecular complexity index is 516. The van der Waals surface area contributed by atoms with E-state index in [1.165, 1.54) is 0 Å². The fourth-order valence-electron chi connectivity index (χ4n) is 2.07. The lowest BCUT2D eigenvalue weighted by molar-refractivity contribution is -0.144. The third kappa shape index (κ3) is 2.45. The van der Waals surface area contributed by atoms with Crippen LogP contribution in [0, 0.1) is 0 Å². The number of hydrogen-bond acceptors (Lipinski definition) is 2. The molecule has 0 bridgehead atoms. The highest BCUT2D eigenvalue weighted by molar-refractivity contribution is 5.81. The molecule has 2 rings (SSSR count). The van der Waals surface area contributed by atoms with E-state index < -0.39 is 0 Å². The molecule has 0 radical (unpaired) electrons. The summed E-state index contributed by atoms with van der Waals surface area (Å²) in [4.78, 5) is 12.2. The van der Waals surface area contributed by atoms with Gasteiger partial charge in [-0.15, -0.1) is 0 Å². The molecule has 0 spiro atoms. The molecule has 18 heavy (non-hydrogen) atoms. The van der Waals surface area contributed by atoms with Gasteiger partial charge in [0.15, 0.2) is 0 Å². The summed E-state index contributed by atoms with van der Waals surface area (Å²) in [5.74, 6) is -0.559. The van der Waals surface area contributed by atoms with Crippen molar-refractivity contribution in [2.45, 2.75) is 12.8 Å². The summed E-state index contributed by atoms with van der Waals surface area (Å²) in [6.45, 7) is 2.22. The first-order chi connectivity index (χ1) is 8.74. The molecule has 3 nitrogen and oxygen atoms in total. The van der Waals surface area contributed by atoms with Crippen molar-refractivity contribution in [3.63, 3.8) is 0 Å². The first kappa shape index (κ1) is 12.4. The van der Waals surface area contributed by atoms with Crippen molar-refractivity contribution < 1.29 is 9.53 Å². The molecular formula is C15H17NO2. The van der Waals surface area contributed by atoms with Crippen molar-refractivity contribution in [2.75, 3.05) is 6.61 Å². The van der Waals surface area contributed by atoms with Crippen LogP contribution < -0.4 is 0 Å². The van der Waals surface area contributed by atoms with Crippen LogP contribution in [0.15, 0.2) is 48.7 Å². The average molecular weight is 243 g/mol. The van der Waals surface area contributed by atoms with Crippen molar-refractivity contribution in [1.29, 1.82) is 0 Å². The Balaban J connectivity index is 2.42. The average Bonchev–Trinajstić information content (AvgIpc) is 2.78. The second-order valence-corrected chi connectivity index (χ2v) is 4.14. The zero-order valence-corrected chi connectivity index (χ0v) is 10.7. The molecule has 1 atom stereocenters. The van der Waals surface area contributed by atoms with Crippen LogP contribution in [0.3, 0.4) is 0 Å². The van der Waals surface area contributed by atoms with Gasteiger partial charge in [0.05, 0.1) is 6.61 Å². The van der Waals surface area contributed by atoms with Gasteiger partial charge in [-0.05, 0) is 24.6 Å². The third-order valence-corrected chi connectivity index (χ3v) is 2.93. The first-order valence-corrected chi connectivity index (χ1v) is 6.07. The highest BCUT2D eigenvalue weighted by Crippen LogP contribution is 2.26. The standard InChI is InChI=1S/C15H17NO2/c1-3-18-15(17)14(12-8-5-4-6-9-12)13-10-7-11-16(13)2/h4-11,14H,3H2,1-2H3. The predicted molar refractivity (Wildman–Crippen MR) is 70.3 cm³/mol. The molecule has 94 valence electrons. The zero-order chi connectivity index (χ0) is 13.0. The quantitative estimate of drug-likeness (QED) is 0.773. The molecule has 0 saturated heterocycles. The van der Waals surface area contributed by atoms with Crippen LogP contribution in [-0.2, 0) is 16.6 Å². The Labute approximate surface area is 107 Å². The maximum Gasteiger partial charge on any atom is 0.319 e. The number of nitrogens with zero attached hydrogens (tertiary/aromatic N) is 1. The Hall–Kier alpha value is -2.03. The van der Waals surface area contributed by atoms with Gasteiger partial charge in [-0.1, -0.05) is 30.3 Å². The summed E-state index contributed by atoms with van der Waals surface area (Å²) in [5.41, 5.74) is 1.90. The van der Waals surface area contributed by atoms with E-state index in [1.807, 2.05) is 67.2 Å². The largest absolute Gasteiger partial charge is 0.465 e. The maximum absolute atomic E-state index is 12.2. The molecule has 0 aliphatic rings. The van der Waals surface area contributed by atoms with Crippen LogP contribution in [0.4, 0.5) is 0 Å². The fourth-order valence-corrected chi connectivity index (χ4v) is 2.07. The van der Waals surface area contributed by atoms with Gasteiger partial charge in [-0.3, -0.25) is 4.79 Å². The molecule has 1 aromatic heterocycles. The summed E-state index contributed by atoms with van der Waals surface area (Å²) in [7, 11) is 1.94. The summed E-state index contributed by atoms with van der Waals surface area (Å²) in [5, 5.41) is 0. The van der Waals surface area contributed by atoms with Crippen LogP contribution in [0.25, 0.3) is 0 Å². The summed E-state index contributed by atoms with van der Waals surface area (Å²) >= 11 is 0. The Morgan fingerprint density at radius 2 is 1.94 bits per heavy atom. The number of ether oxygens (including phenoxy) is 1. The van der Waals surface area contributed by atoms with Gasteiger partial charge >= 0.3 is 5.97 Å². The van der Waals surface area contributed by atoms with Gasteiger partial charge in [0.1, 0.15) is 5.92 Å². The van der Waals surface area contributed by atoms with Crippen LogP contribution in [-0.4, -0.2) is 17.1 Å². The highest BCUT2D eigenvalue weighted by Gasteiger charge is 2.25. The Morgan fingerprint density at radius 1 is 1.22 bits per heavy atom. The number of carbonyl (C=O) groups is 1. The molecule has 0 fully saturated rings. The van der Waals surface area contributed by atoms with Crippen LogP contribution in [0.2, 0.25) is 0 Å². The molecule has 1 aromatic carbocycles. The van der Waals surface area contributed by atoms with Crippen molar-refractivity contribution in [1.82, 2.24) is 4.57 Å². The number of aromatic nitrogens is 1. The van der Waals surface area contributed by atoms with Crippen LogP contribution >= 0.6 is 0 Å².